The summed E-state index contributed by atoms with van der Waals surface area (Å²) in [7, 11) is 0. The van der Waals surface area contributed by atoms with Crippen LogP contribution >= 0.6 is 0 Å². The largest absolute Gasteiger partial charge is 0.481 e. The highest BCUT2D eigenvalue weighted by atomic mass is 16.4. The SMILES string of the molecule is O=C(NC1CCC(C(=O)O)CC1)c1ccnc(-n2cncn2)c1. The summed E-state index contributed by atoms with van der Waals surface area (Å²) in [5, 5.41) is 15.9. The van der Waals surface area contributed by atoms with E-state index in [2.05, 4.69) is 20.4 Å². The van der Waals surface area contributed by atoms with Crippen molar-refractivity contribution in [2.24, 2.45) is 5.92 Å². The highest BCUT2D eigenvalue weighted by Gasteiger charge is 2.26. The number of amides is 1. The highest BCUT2D eigenvalue weighted by Crippen LogP contribution is 2.24. The summed E-state index contributed by atoms with van der Waals surface area (Å²) >= 11 is 0. The number of carbonyl (C=O) groups is 2. The van der Waals surface area contributed by atoms with Crippen LogP contribution in [0.3, 0.4) is 0 Å². The Labute approximate surface area is 132 Å². The van der Waals surface area contributed by atoms with Crippen LogP contribution in [-0.2, 0) is 4.79 Å². The average molecular weight is 315 g/mol. The molecular weight excluding hydrogens is 298 g/mol. The summed E-state index contributed by atoms with van der Waals surface area (Å²) in [6.07, 6.45) is 7.02. The Balaban J connectivity index is 1.63. The van der Waals surface area contributed by atoms with Gasteiger partial charge in [0.05, 0.1) is 5.92 Å². The van der Waals surface area contributed by atoms with E-state index in [1.54, 1.807) is 18.3 Å². The predicted molar refractivity (Wildman–Crippen MR) is 80.0 cm³/mol. The number of carbonyl (C=O) groups excluding carboxylic acids is 1. The molecule has 0 saturated heterocycles. The molecular formula is C15H17N5O3. The van der Waals surface area contributed by atoms with Gasteiger partial charge >= 0.3 is 5.97 Å². The second-order valence-electron chi connectivity index (χ2n) is 5.60. The fourth-order valence-electron chi connectivity index (χ4n) is 2.76. The smallest absolute Gasteiger partial charge is 0.306 e. The van der Waals surface area contributed by atoms with Gasteiger partial charge in [-0.2, -0.15) is 5.10 Å². The Morgan fingerprint density at radius 2 is 2.04 bits per heavy atom. The molecule has 1 amide bonds. The molecule has 2 aromatic rings. The minimum Gasteiger partial charge on any atom is -0.481 e. The highest BCUT2D eigenvalue weighted by molar-refractivity contribution is 5.94. The van der Waals surface area contributed by atoms with E-state index in [9.17, 15) is 9.59 Å². The van der Waals surface area contributed by atoms with Gasteiger partial charge in [-0.05, 0) is 37.8 Å². The van der Waals surface area contributed by atoms with Gasteiger partial charge in [0.15, 0.2) is 5.82 Å². The molecule has 1 aliphatic rings. The topological polar surface area (TPSA) is 110 Å². The van der Waals surface area contributed by atoms with Gasteiger partial charge in [-0.3, -0.25) is 9.59 Å². The molecule has 2 heterocycles. The molecule has 1 aliphatic carbocycles. The molecule has 0 unspecified atom stereocenters. The van der Waals surface area contributed by atoms with E-state index >= 15 is 0 Å². The number of hydrogen-bond acceptors (Lipinski definition) is 5. The van der Waals surface area contributed by atoms with Gasteiger partial charge in [0.1, 0.15) is 12.7 Å². The molecule has 0 atom stereocenters. The zero-order valence-corrected chi connectivity index (χ0v) is 12.4. The first-order valence-electron chi connectivity index (χ1n) is 7.48. The van der Waals surface area contributed by atoms with Crippen LogP contribution in [0.25, 0.3) is 5.82 Å². The molecule has 2 N–H and O–H groups in total. The average Bonchev–Trinajstić information content (AvgIpc) is 3.10. The van der Waals surface area contributed by atoms with Gasteiger partial charge < -0.3 is 10.4 Å². The van der Waals surface area contributed by atoms with E-state index in [-0.39, 0.29) is 17.9 Å². The van der Waals surface area contributed by atoms with Gasteiger partial charge in [-0.15, -0.1) is 0 Å². The number of rotatable bonds is 4. The Morgan fingerprint density at radius 3 is 2.70 bits per heavy atom. The second kappa shape index (κ2) is 6.55. The number of carboxylic acid groups (broad SMARTS) is 1. The number of aliphatic carboxylic acids is 1. The molecule has 8 nitrogen and oxygen atoms in total. The first kappa shape index (κ1) is 15.1. The van der Waals surface area contributed by atoms with Gasteiger partial charge in [0.2, 0.25) is 0 Å². The van der Waals surface area contributed by atoms with E-state index < -0.39 is 5.97 Å². The number of nitrogens with zero attached hydrogens (tertiary/aromatic N) is 4. The lowest BCUT2D eigenvalue weighted by molar-refractivity contribution is -0.142. The van der Waals surface area contributed by atoms with Crippen molar-refractivity contribution in [2.75, 3.05) is 0 Å². The summed E-state index contributed by atoms with van der Waals surface area (Å²) in [5.74, 6) is -0.707. The Bertz CT molecular complexity index is 693. The quantitative estimate of drug-likeness (QED) is 0.872. The fraction of sp³-hybridized carbons (Fsp3) is 0.400. The minimum atomic E-state index is -0.749. The molecule has 1 saturated carbocycles. The van der Waals surface area contributed by atoms with Gasteiger partial charge in [0, 0.05) is 17.8 Å². The monoisotopic (exact) mass is 315 g/mol. The zero-order valence-electron chi connectivity index (χ0n) is 12.4. The third-order valence-corrected chi connectivity index (χ3v) is 4.07. The van der Waals surface area contributed by atoms with Crippen molar-refractivity contribution >= 4 is 11.9 Å². The number of nitrogens with one attached hydrogen (secondary N) is 1. The van der Waals surface area contributed by atoms with E-state index in [1.807, 2.05) is 0 Å². The van der Waals surface area contributed by atoms with Crippen molar-refractivity contribution < 1.29 is 14.7 Å². The van der Waals surface area contributed by atoms with Crippen LogP contribution in [0.4, 0.5) is 0 Å². The third kappa shape index (κ3) is 3.53. The Morgan fingerprint density at radius 1 is 1.26 bits per heavy atom. The van der Waals surface area contributed by atoms with E-state index in [4.69, 9.17) is 5.11 Å². The van der Waals surface area contributed by atoms with Crippen molar-refractivity contribution in [1.82, 2.24) is 25.1 Å². The number of carboxylic acids is 1. The lowest BCUT2D eigenvalue weighted by atomic mass is 9.86. The first-order valence-corrected chi connectivity index (χ1v) is 7.48. The summed E-state index contributed by atoms with van der Waals surface area (Å²) in [6, 6.07) is 3.30. The minimum absolute atomic E-state index is 0.0149. The molecule has 120 valence electrons. The van der Waals surface area contributed by atoms with E-state index in [0.29, 0.717) is 37.1 Å². The number of pyridine rings is 1. The van der Waals surface area contributed by atoms with Crippen LogP contribution in [0, 0.1) is 5.92 Å². The Kier molecular flexibility index (Phi) is 4.31. The summed E-state index contributed by atoms with van der Waals surface area (Å²) < 4.78 is 1.48. The van der Waals surface area contributed by atoms with Crippen molar-refractivity contribution in [2.45, 2.75) is 31.7 Å². The Hall–Kier alpha value is -2.77. The lowest BCUT2D eigenvalue weighted by Gasteiger charge is -2.26. The molecule has 0 spiro atoms. The van der Waals surface area contributed by atoms with Crippen molar-refractivity contribution in [3.8, 4) is 5.82 Å². The number of aromatic nitrogens is 4. The van der Waals surface area contributed by atoms with Crippen molar-refractivity contribution in [3.05, 3.63) is 36.5 Å². The maximum Gasteiger partial charge on any atom is 0.306 e. The van der Waals surface area contributed by atoms with Crippen LogP contribution in [0.5, 0.6) is 0 Å². The molecule has 0 bridgehead atoms. The van der Waals surface area contributed by atoms with Gasteiger partial charge in [-0.25, -0.2) is 14.6 Å². The van der Waals surface area contributed by atoms with E-state index in [0.717, 1.165) is 0 Å². The molecule has 23 heavy (non-hydrogen) atoms. The van der Waals surface area contributed by atoms with Crippen molar-refractivity contribution in [1.29, 1.82) is 0 Å². The van der Waals surface area contributed by atoms with Crippen molar-refractivity contribution in [3.63, 3.8) is 0 Å². The summed E-state index contributed by atoms with van der Waals surface area (Å²) in [6.45, 7) is 0. The lowest BCUT2D eigenvalue weighted by Crippen LogP contribution is -2.38. The van der Waals surface area contributed by atoms with Crippen LogP contribution in [0.1, 0.15) is 36.0 Å². The standard InChI is InChI=1S/C15H17N5O3/c21-14(19-12-3-1-10(2-4-12)15(22)23)11-5-6-17-13(7-11)20-9-16-8-18-20/h5-10,12H,1-4H2,(H,19,21)(H,22,23). The maximum absolute atomic E-state index is 12.3. The van der Waals surface area contributed by atoms with E-state index in [1.165, 1.54) is 17.3 Å². The predicted octanol–water partition coefficient (Wildman–Crippen LogP) is 1.04. The van der Waals surface area contributed by atoms with Crippen LogP contribution in [-0.4, -0.2) is 42.8 Å². The molecule has 0 aliphatic heterocycles. The molecule has 0 aromatic carbocycles. The van der Waals surface area contributed by atoms with Gasteiger partial charge in [0.25, 0.3) is 5.91 Å². The summed E-state index contributed by atoms with van der Waals surface area (Å²) in [5.41, 5.74) is 0.492. The number of hydrogen-bond donors (Lipinski definition) is 2. The fourth-order valence-corrected chi connectivity index (χ4v) is 2.76. The third-order valence-electron chi connectivity index (χ3n) is 4.07. The molecule has 8 heteroatoms. The molecule has 0 radical (unpaired) electrons. The maximum atomic E-state index is 12.3. The molecule has 2 aromatic heterocycles. The van der Waals surface area contributed by atoms with Crippen LogP contribution in [0.2, 0.25) is 0 Å². The second-order valence-corrected chi connectivity index (χ2v) is 5.60. The first-order chi connectivity index (χ1) is 11.1. The molecule has 3 rings (SSSR count). The van der Waals surface area contributed by atoms with Crippen LogP contribution < -0.4 is 5.32 Å². The zero-order chi connectivity index (χ0) is 16.2. The molecule has 1 fully saturated rings. The van der Waals surface area contributed by atoms with Crippen LogP contribution in [0.15, 0.2) is 31.0 Å². The normalized spacial score (nSPS) is 20.9. The summed E-state index contributed by atoms with van der Waals surface area (Å²) in [4.78, 5) is 31.3. The van der Waals surface area contributed by atoms with Gasteiger partial charge in [-0.1, -0.05) is 0 Å².